The summed E-state index contributed by atoms with van der Waals surface area (Å²) in [6, 6.07) is 1.69. The maximum absolute atomic E-state index is 10.0. The number of aldehydes is 1. The minimum absolute atomic E-state index is 0.392. The number of rotatable bonds is 3. The number of methoxy groups -OCH3 is 1. The summed E-state index contributed by atoms with van der Waals surface area (Å²) >= 11 is 0. The molecule has 0 aliphatic rings. The number of pyridine rings is 1. The minimum Gasteiger partial charge on any atom is -0.480 e. The molecule has 0 aliphatic carbocycles. The highest BCUT2D eigenvalue weighted by molar-refractivity contribution is 5.74. The van der Waals surface area contributed by atoms with Crippen molar-refractivity contribution in [1.82, 2.24) is 4.98 Å². The van der Waals surface area contributed by atoms with Gasteiger partial charge in [-0.3, -0.25) is 4.79 Å². The van der Waals surface area contributed by atoms with Crippen LogP contribution in [0.15, 0.2) is 18.3 Å². The van der Waals surface area contributed by atoms with Gasteiger partial charge in [-0.25, -0.2) is 4.98 Å². The number of aromatic nitrogens is 1. The number of nitrogen functional groups attached to an aromatic ring is 1. The Bertz CT molecular complexity index is 334. The molecule has 4 heteroatoms. The monoisotopic (exact) mass is 178 g/mol. The van der Waals surface area contributed by atoms with Crippen molar-refractivity contribution in [2.45, 2.75) is 0 Å². The van der Waals surface area contributed by atoms with Gasteiger partial charge in [-0.1, -0.05) is 6.08 Å². The number of allylic oxidation sites excluding steroid dienone is 1. The maximum Gasteiger partial charge on any atom is 0.236 e. The van der Waals surface area contributed by atoms with Crippen molar-refractivity contribution in [1.29, 1.82) is 0 Å². The third-order valence-corrected chi connectivity index (χ3v) is 1.46. The predicted molar refractivity (Wildman–Crippen MR) is 50.3 cm³/mol. The first kappa shape index (κ1) is 9.25. The van der Waals surface area contributed by atoms with Crippen LogP contribution in [0.25, 0.3) is 6.08 Å². The number of anilines is 1. The van der Waals surface area contributed by atoms with Crippen LogP contribution in [-0.2, 0) is 4.79 Å². The number of hydrogen-bond donors (Lipinski definition) is 1. The summed E-state index contributed by atoms with van der Waals surface area (Å²) in [5.41, 5.74) is 6.82. The van der Waals surface area contributed by atoms with Gasteiger partial charge in [0.15, 0.2) is 0 Å². The lowest BCUT2D eigenvalue weighted by Gasteiger charge is -2.02. The molecule has 0 amide bonds. The van der Waals surface area contributed by atoms with Gasteiger partial charge in [0.05, 0.1) is 12.8 Å². The quantitative estimate of drug-likeness (QED) is 0.551. The average molecular weight is 178 g/mol. The van der Waals surface area contributed by atoms with E-state index >= 15 is 0 Å². The average Bonchev–Trinajstić information content (AvgIpc) is 2.15. The third kappa shape index (κ3) is 2.30. The number of carbonyl (C=O) groups is 1. The van der Waals surface area contributed by atoms with Crippen molar-refractivity contribution in [2.24, 2.45) is 0 Å². The van der Waals surface area contributed by atoms with Gasteiger partial charge < -0.3 is 10.5 Å². The molecule has 1 heterocycles. The molecule has 0 saturated heterocycles. The molecule has 0 bridgehead atoms. The molecule has 0 saturated carbocycles. The Morgan fingerprint density at radius 3 is 2.92 bits per heavy atom. The Labute approximate surface area is 76.0 Å². The van der Waals surface area contributed by atoms with Gasteiger partial charge in [-0.15, -0.1) is 0 Å². The Hall–Kier alpha value is -1.84. The molecule has 1 aromatic rings. The molecule has 1 aromatic heterocycles. The third-order valence-electron chi connectivity index (χ3n) is 1.46. The van der Waals surface area contributed by atoms with Gasteiger partial charge in [0, 0.05) is 6.20 Å². The first-order chi connectivity index (χ1) is 6.27. The highest BCUT2D eigenvalue weighted by atomic mass is 16.5. The molecule has 0 spiro atoms. The molecule has 0 aromatic carbocycles. The highest BCUT2D eigenvalue weighted by Crippen LogP contribution is 2.18. The van der Waals surface area contributed by atoms with Crippen molar-refractivity contribution < 1.29 is 9.53 Å². The zero-order valence-corrected chi connectivity index (χ0v) is 7.23. The SMILES string of the molecule is COc1ncc(C=CC=O)cc1N. The first-order valence-corrected chi connectivity index (χ1v) is 3.69. The standard InChI is InChI=1S/C9H10N2O2/c1-13-9-8(10)5-7(6-11-9)3-2-4-12/h2-6H,10H2,1H3. The van der Waals surface area contributed by atoms with E-state index in [2.05, 4.69) is 4.98 Å². The number of nitrogens with two attached hydrogens (primary N) is 1. The van der Waals surface area contributed by atoms with Crippen LogP contribution in [0.4, 0.5) is 5.69 Å². The van der Waals surface area contributed by atoms with Gasteiger partial charge in [0.2, 0.25) is 5.88 Å². The fraction of sp³-hybridized carbons (Fsp3) is 0.111. The van der Waals surface area contributed by atoms with Crippen molar-refractivity contribution in [3.8, 4) is 5.88 Å². The topological polar surface area (TPSA) is 65.2 Å². The molecule has 0 aliphatic heterocycles. The van der Waals surface area contributed by atoms with Crippen LogP contribution in [0.2, 0.25) is 0 Å². The van der Waals surface area contributed by atoms with E-state index in [1.165, 1.54) is 13.2 Å². The van der Waals surface area contributed by atoms with E-state index in [0.29, 0.717) is 17.9 Å². The van der Waals surface area contributed by atoms with E-state index in [9.17, 15) is 4.79 Å². The van der Waals surface area contributed by atoms with Crippen LogP contribution < -0.4 is 10.5 Å². The largest absolute Gasteiger partial charge is 0.480 e. The Morgan fingerprint density at radius 2 is 2.38 bits per heavy atom. The van der Waals surface area contributed by atoms with E-state index in [1.54, 1.807) is 18.3 Å². The number of nitrogens with zero attached hydrogens (tertiary/aromatic N) is 1. The minimum atomic E-state index is 0.392. The second-order valence-electron chi connectivity index (χ2n) is 2.36. The van der Waals surface area contributed by atoms with Gasteiger partial charge >= 0.3 is 0 Å². The van der Waals surface area contributed by atoms with E-state index < -0.39 is 0 Å². The van der Waals surface area contributed by atoms with Crippen molar-refractivity contribution in [2.75, 3.05) is 12.8 Å². The summed E-state index contributed by atoms with van der Waals surface area (Å²) in [5.74, 6) is 0.392. The molecule has 2 N–H and O–H groups in total. The summed E-state index contributed by atoms with van der Waals surface area (Å²) in [5, 5.41) is 0. The van der Waals surface area contributed by atoms with E-state index in [4.69, 9.17) is 10.5 Å². The van der Waals surface area contributed by atoms with Gasteiger partial charge in [0.25, 0.3) is 0 Å². The van der Waals surface area contributed by atoms with Crippen LogP contribution >= 0.6 is 0 Å². The van der Waals surface area contributed by atoms with Crippen LogP contribution in [0.5, 0.6) is 5.88 Å². The molecule has 0 fully saturated rings. The zero-order chi connectivity index (χ0) is 9.68. The molecule has 0 unspecified atom stereocenters. The molecule has 13 heavy (non-hydrogen) atoms. The molecular formula is C9H10N2O2. The summed E-state index contributed by atoms with van der Waals surface area (Å²) < 4.78 is 4.87. The fourth-order valence-corrected chi connectivity index (χ4v) is 0.898. The summed E-state index contributed by atoms with van der Waals surface area (Å²) in [6.07, 6.45) is 5.27. The van der Waals surface area contributed by atoms with E-state index in [0.717, 1.165) is 5.56 Å². The number of ether oxygens (including phenoxy) is 1. The molecule has 68 valence electrons. The number of carbonyl (C=O) groups excluding carboxylic acids is 1. The van der Waals surface area contributed by atoms with E-state index in [1.807, 2.05) is 0 Å². The summed E-state index contributed by atoms with van der Waals surface area (Å²) in [4.78, 5) is 14.0. The molecular weight excluding hydrogens is 168 g/mol. The molecule has 0 radical (unpaired) electrons. The van der Waals surface area contributed by atoms with Gasteiger partial charge in [-0.05, 0) is 17.7 Å². The van der Waals surface area contributed by atoms with Crippen molar-refractivity contribution in [3.05, 3.63) is 23.9 Å². The maximum atomic E-state index is 10.0. The van der Waals surface area contributed by atoms with Crippen molar-refractivity contribution >= 4 is 18.0 Å². The second-order valence-corrected chi connectivity index (χ2v) is 2.36. The van der Waals surface area contributed by atoms with Crippen LogP contribution in [0.1, 0.15) is 5.56 Å². The Morgan fingerprint density at radius 1 is 1.62 bits per heavy atom. The second kappa shape index (κ2) is 4.25. The van der Waals surface area contributed by atoms with E-state index in [-0.39, 0.29) is 0 Å². The Kier molecular flexibility index (Phi) is 3.03. The lowest BCUT2D eigenvalue weighted by molar-refractivity contribution is -0.104. The molecule has 1 rings (SSSR count). The normalized spacial score (nSPS) is 10.2. The van der Waals surface area contributed by atoms with Gasteiger partial charge in [0.1, 0.15) is 6.29 Å². The fourth-order valence-electron chi connectivity index (χ4n) is 0.898. The molecule has 0 atom stereocenters. The zero-order valence-electron chi connectivity index (χ0n) is 7.23. The first-order valence-electron chi connectivity index (χ1n) is 3.69. The lowest BCUT2D eigenvalue weighted by atomic mass is 10.2. The van der Waals surface area contributed by atoms with Crippen LogP contribution in [-0.4, -0.2) is 18.4 Å². The Balaban J connectivity index is 2.95. The predicted octanol–water partition coefficient (Wildman–Crippen LogP) is 0.884. The summed E-state index contributed by atoms with van der Waals surface area (Å²) in [6.45, 7) is 0. The molecule has 4 nitrogen and oxygen atoms in total. The van der Waals surface area contributed by atoms with Crippen molar-refractivity contribution in [3.63, 3.8) is 0 Å². The number of hydrogen-bond acceptors (Lipinski definition) is 4. The van der Waals surface area contributed by atoms with Crippen LogP contribution in [0, 0.1) is 0 Å². The van der Waals surface area contributed by atoms with Gasteiger partial charge in [-0.2, -0.15) is 0 Å². The summed E-state index contributed by atoms with van der Waals surface area (Å²) in [7, 11) is 1.50. The lowest BCUT2D eigenvalue weighted by Crippen LogP contribution is -1.95. The highest BCUT2D eigenvalue weighted by Gasteiger charge is 1.99. The smallest absolute Gasteiger partial charge is 0.236 e. The van der Waals surface area contributed by atoms with Crippen LogP contribution in [0.3, 0.4) is 0 Å².